The Labute approximate surface area is 77.0 Å². The Morgan fingerprint density at radius 1 is 1.25 bits per heavy atom. The summed E-state index contributed by atoms with van der Waals surface area (Å²) in [5, 5.41) is 9.06. The van der Waals surface area contributed by atoms with E-state index in [4.69, 9.17) is 16.7 Å². The van der Waals surface area contributed by atoms with Crippen molar-refractivity contribution in [2.24, 2.45) is 5.92 Å². The van der Waals surface area contributed by atoms with E-state index < -0.39 is 0 Å². The third kappa shape index (κ3) is 1.23. The lowest BCUT2D eigenvalue weighted by Gasteiger charge is -1.95. The molecule has 0 unspecified atom stereocenters. The van der Waals surface area contributed by atoms with Crippen LogP contribution in [-0.4, -0.2) is 17.1 Å². The van der Waals surface area contributed by atoms with Crippen molar-refractivity contribution >= 4 is 11.6 Å². The summed E-state index contributed by atoms with van der Waals surface area (Å²) >= 11 is 5.99. The van der Waals surface area contributed by atoms with Crippen LogP contribution >= 0.6 is 11.6 Å². The Hall–Kier alpha value is -0.530. The first-order valence-corrected chi connectivity index (χ1v) is 4.58. The quantitative estimate of drug-likeness (QED) is 0.694. The fourth-order valence-corrected chi connectivity index (χ4v) is 2.14. The van der Waals surface area contributed by atoms with Gasteiger partial charge in [0, 0.05) is 23.8 Å². The molecule has 64 valence electrons. The van der Waals surface area contributed by atoms with Gasteiger partial charge in [-0.05, 0) is 5.56 Å². The molecule has 2 rings (SSSR count). The molecule has 0 aliphatic heterocycles. The normalized spacial score (nSPS) is 33.3. The van der Waals surface area contributed by atoms with E-state index in [-0.39, 0.29) is 17.9 Å². The summed E-state index contributed by atoms with van der Waals surface area (Å²) in [5.41, 5.74) is 1.25. The van der Waals surface area contributed by atoms with Crippen LogP contribution in [-0.2, 0) is 0 Å². The Bertz CT molecular complexity index is 260. The minimum atomic E-state index is 0.136. The van der Waals surface area contributed by atoms with Crippen molar-refractivity contribution in [2.75, 3.05) is 6.61 Å². The molecular weight excluding hydrogens is 172 g/mol. The molecule has 1 aromatic rings. The van der Waals surface area contributed by atoms with Crippen molar-refractivity contribution in [1.29, 1.82) is 0 Å². The van der Waals surface area contributed by atoms with Crippen LogP contribution < -0.4 is 0 Å². The van der Waals surface area contributed by atoms with Gasteiger partial charge in [-0.25, -0.2) is 0 Å². The molecule has 1 N–H and O–H groups in total. The van der Waals surface area contributed by atoms with Crippen LogP contribution in [0.5, 0.6) is 0 Å². The summed E-state index contributed by atoms with van der Waals surface area (Å²) in [5.74, 6) is 0.645. The molecule has 0 spiro atoms. The van der Waals surface area contributed by atoms with Crippen molar-refractivity contribution in [3.8, 4) is 0 Å². The van der Waals surface area contributed by atoms with Gasteiger partial charge in [0.25, 0.3) is 0 Å². The second kappa shape index (κ2) is 3.08. The summed E-state index contributed by atoms with van der Waals surface area (Å²) in [4.78, 5) is 0. The van der Waals surface area contributed by atoms with Gasteiger partial charge in [0.05, 0.1) is 0 Å². The van der Waals surface area contributed by atoms with Crippen molar-refractivity contribution in [2.45, 2.75) is 11.3 Å². The third-order valence-corrected chi connectivity index (χ3v) is 3.06. The number of hydrogen-bond acceptors (Lipinski definition) is 1. The van der Waals surface area contributed by atoms with Crippen LogP contribution in [0.15, 0.2) is 30.3 Å². The number of benzene rings is 1. The van der Waals surface area contributed by atoms with E-state index in [1.807, 2.05) is 18.2 Å². The smallest absolute Gasteiger partial charge is 0.0480 e. The first kappa shape index (κ1) is 8.09. The van der Waals surface area contributed by atoms with E-state index in [0.29, 0.717) is 5.92 Å². The monoisotopic (exact) mass is 182 g/mol. The molecule has 2 heteroatoms. The molecule has 12 heavy (non-hydrogen) atoms. The first-order valence-electron chi connectivity index (χ1n) is 4.14. The van der Waals surface area contributed by atoms with Gasteiger partial charge in [-0.2, -0.15) is 0 Å². The van der Waals surface area contributed by atoms with Gasteiger partial charge in [0.2, 0.25) is 0 Å². The van der Waals surface area contributed by atoms with Crippen molar-refractivity contribution in [3.63, 3.8) is 0 Å². The zero-order chi connectivity index (χ0) is 8.55. The molecule has 0 bridgehead atoms. The van der Waals surface area contributed by atoms with Crippen LogP contribution in [0, 0.1) is 5.92 Å². The number of halogens is 1. The maximum atomic E-state index is 8.92. The fourth-order valence-electron chi connectivity index (χ4n) is 1.65. The number of alkyl halides is 1. The van der Waals surface area contributed by atoms with Gasteiger partial charge >= 0.3 is 0 Å². The standard InChI is InChI=1S/C10H11ClO/c11-10-8(6-12)9(10)7-4-2-1-3-5-7/h1-5,8-10,12H,6H2/t8-,9-,10+/m0/s1. The van der Waals surface area contributed by atoms with Crippen LogP contribution in [0.1, 0.15) is 11.5 Å². The molecule has 1 saturated carbocycles. The molecule has 1 nitrogen and oxygen atoms in total. The predicted octanol–water partition coefficient (Wildman–Crippen LogP) is 2.00. The van der Waals surface area contributed by atoms with Crippen molar-refractivity contribution in [3.05, 3.63) is 35.9 Å². The molecule has 1 fully saturated rings. The highest BCUT2D eigenvalue weighted by atomic mass is 35.5. The van der Waals surface area contributed by atoms with Crippen molar-refractivity contribution < 1.29 is 5.11 Å². The van der Waals surface area contributed by atoms with Crippen LogP contribution in [0.4, 0.5) is 0 Å². The van der Waals surface area contributed by atoms with Gasteiger partial charge in [-0.15, -0.1) is 11.6 Å². The molecule has 1 aliphatic carbocycles. The molecule has 0 amide bonds. The SMILES string of the molecule is OC[C@@H]1[C@@H](Cl)[C@H]1c1ccccc1. The lowest BCUT2D eigenvalue weighted by molar-refractivity contribution is 0.274. The molecule has 0 radical (unpaired) electrons. The Kier molecular flexibility index (Phi) is 2.07. The maximum Gasteiger partial charge on any atom is 0.0480 e. The van der Waals surface area contributed by atoms with Gasteiger partial charge in [-0.1, -0.05) is 30.3 Å². The molecule has 3 atom stereocenters. The zero-order valence-electron chi connectivity index (χ0n) is 6.65. The summed E-state index contributed by atoms with van der Waals surface area (Å²) in [7, 11) is 0. The Morgan fingerprint density at radius 3 is 2.42 bits per heavy atom. The summed E-state index contributed by atoms with van der Waals surface area (Å²) in [6.45, 7) is 0.202. The number of aliphatic hydroxyl groups is 1. The van der Waals surface area contributed by atoms with Crippen LogP contribution in [0.25, 0.3) is 0 Å². The highest BCUT2D eigenvalue weighted by molar-refractivity contribution is 6.23. The minimum Gasteiger partial charge on any atom is -0.396 e. The van der Waals surface area contributed by atoms with E-state index in [0.717, 1.165) is 0 Å². The van der Waals surface area contributed by atoms with E-state index in [2.05, 4.69) is 12.1 Å². The third-order valence-electron chi connectivity index (χ3n) is 2.47. The molecule has 0 saturated heterocycles. The minimum absolute atomic E-state index is 0.136. The van der Waals surface area contributed by atoms with E-state index in [1.165, 1.54) is 5.56 Å². The Balaban J connectivity index is 2.14. The average molecular weight is 183 g/mol. The number of rotatable bonds is 2. The lowest BCUT2D eigenvalue weighted by Crippen LogP contribution is -1.88. The number of aliphatic hydroxyl groups excluding tert-OH is 1. The van der Waals surface area contributed by atoms with E-state index in [9.17, 15) is 0 Å². The van der Waals surface area contributed by atoms with Crippen molar-refractivity contribution in [1.82, 2.24) is 0 Å². The molecule has 0 aromatic heterocycles. The second-order valence-corrected chi connectivity index (χ2v) is 3.73. The van der Waals surface area contributed by atoms with Gasteiger partial charge in [-0.3, -0.25) is 0 Å². The highest BCUT2D eigenvalue weighted by Crippen LogP contribution is 2.51. The second-order valence-electron chi connectivity index (χ2n) is 3.23. The lowest BCUT2D eigenvalue weighted by atomic mass is 10.1. The fraction of sp³-hybridized carbons (Fsp3) is 0.400. The molecule has 0 heterocycles. The van der Waals surface area contributed by atoms with Crippen LogP contribution in [0.2, 0.25) is 0 Å². The highest BCUT2D eigenvalue weighted by Gasteiger charge is 2.49. The van der Waals surface area contributed by atoms with Crippen LogP contribution in [0.3, 0.4) is 0 Å². The van der Waals surface area contributed by atoms with E-state index >= 15 is 0 Å². The maximum absolute atomic E-state index is 8.92. The summed E-state index contributed by atoms with van der Waals surface area (Å²) in [6, 6.07) is 10.1. The first-order chi connectivity index (χ1) is 5.84. The summed E-state index contributed by atoms with van der Waals surface area (Å²) < 4.78 is 0. The number of hydrogen-bond donors (Lipinski definition) is 1. The van der Waals surface area contributed by atoms with Gasteiger partial charge in [0.1, 0.15) is 0 Å². The topological polar surface area (TPSA) is 20.2 Å². The van der Waals surface area contributed by atoms with Gasteiger partial charge in [0.15, 0.2) is 0 Å². The predicted molar refractivity (Wildman–Crippen MR) is 49.4 cm³/mol. The summed E-state index contributed by atoms with van der Waals surface area (Å²) in [6.07, 6.45) is 0. The molecule has 1 aromatic carbocycles. The Morgan fingerprint density at radius 2 is 1.92 bits per heavy atom. The molecular formula is C10H11ClO. The average Bonchev–Trinajstić information content (AvgIpc) is 2.78. The zero-order valence-corrected chi connectivity index (χ0v) is 7.41. The van der Waals surface area contributed by atoms with Gasteiger partial charge < -0.3 is 5.11 Å². The molecule has 1 aliphatic rings. The van der Waals surface area contributed by atoms with E-state index in [1.54, 1.807) is 0 Å². The largest absolute Gasteiger partial charge is 0.396 e.